The molecule has 4 rings (SSSR count). The highest BCUT2D eigenvalue weighted by Crippen LogP contribution is 2.24. The first-order valence-corrected chi connectivity index (χ1v) is 9.16. The van der Waals surface area contributed by atoms with E-state index in [1.807, 2.05) is 16.6 Å². The Bertz CT molecular complexity index is 1020. The minimum atomic E-state index is 0.760. The lowest BCUT2D eigenvalue weighted by atomic mass is 10.1. The Morgan fingerprint density at radius 3 is 2.48 bits per heavy atom. The zero-order valence-electron chi connectivity index (χ0n) is 14.2. The van der Waals surface area contributed by atoms with E-state index in [1.165, 1.54) is 16.7 Å². The maximum Gasteiger partial charge on any atom is 0.185 e. The highest BCUT2D eigenvalue weighted by Gasteiger charge is 2.10. The van der Waals surface area contributed by atoms with Crippen LogP contribution in [0.3, 0.4) is 0 Å². The van der Waals surface area contributed by atoms with Gasteiger partial charge in [0.2, 0.25) is 0 Å². The van der Waals surface area contributed by atoms with Gasteiger partial charge in [-0.15, -0.1) is 10.2 Å². The van der Waals surface area contributed by atoms with Crippen LogP contribution in [0.1, 0.15) is 16.7 Å². The summed E-state index contributed by atoms with van der Waals surface area (Å²) in [7, 11) is 0. The molecule has 25 heavy (non-hydrogen) atoms. The summed E-state index contributed by atoms with van der Waals surface area (Å²) in [6.07, 6.45) is 0. The predicted octanol–water partition coefficient (Wildman–Crippen LogP) is 4.70. The second-order valence-corrected chi connectivity index (χ2v) is 7.04. The standard InChI is InChI=1S/C20H18N4S/c1-14-7-9-16(10-8-14)20-22-21-18-11-12-19(23-24(18)20)25-13-17-6-4-3-5-15(17)2/h3-12H,13H2,1-2H3. The van der Waals surface area contributed by atoms with Crippen molar-refractivity contribution < 1.29 is 0 Å². The molecule has 2 heterocycles. The van der Waals surface area contributed by atoms with E-state index in [4.69, 9.17) is 5.10 Å². The molecule has 0 saturated carbocycles. The van der Waals surface area contributed by atoms with Crippen molar-refractivity contribution in [3.63, 3.8) is 0 Å². The van der Waals surface area contributed by atoms with Gasteiger partial charge in [0, 0.05) is 11.3 Å². The third-order valence-corrected chi connectivity index (χ3v) is 5.15. The smallest absolute Gasteiger partial charge is 0.185 e. The van der Waals surface area contributed by atoms with Gasteiger partial charge in [-0.2, -0.15) is 9.61 Å². The fraction of sp³-hybridized carbons (Fsp3) is 0.150. The van der Waals surface area contributed by atoms with Crippen LogP contribution in [0.25, 0.3) is 17.0 Å². The van der Waals surface area contributed by atoms with Crippen LogP contribution in [0, 0.1) is 13.8 Å². The van der Waals surface area contributed by atoms with E-state index in [0.29, 0.717) is 0 Å². The molecule has 0 aliphatic carbocycles. The Balaban J connectivity index is 1.64. The molecule has 5 heteroatoms. The lowest BCUT2D eigenvalue weighted by molar-refractivity contribution is 0.860. The topological polar surface area (TPSA) is 43.1 Å². The Morgan fingerprint density at radius 2 is 1.68 bits per heavy atom. The van der Waals surface area contributed by atoms with E-state index in [-0.39, 0.29) is 0 Å². The van der Waals surface area contributed by atoms with Crippen LogP contribution in [0.4, 0.5) is 0 Å². The minimum absolute atomic E-state index is 0.760. The van der Waals surface area contributed by atoms with E-state index < -0.39 is 0 Å². The van der Waals surface area contributed by atoms with Crippen molar-refractivity contribution in [2.45, 2.75) is 24.6 Å². The summed E-state index contributed by atoms with van der Waals surface area (Å²) in [6, 6.07) is 20.7. The van der Waals surface area contributed by atoms with Crippen molar-refractivity contribution in [1.82, 2.24) is 19.8 Å². The number of benzene rings is 2. The zero-order chi connectivity index (χ0) is 17.2. The van der Waals surface area contributed by atoms with E-state index in [1.54, 1.807) is 11.8 Å². The number of aromatic nitrogens is 4. The predicted molar refractivity (Wildman–Crippen MR) is 102 cm³/mol. The molecule has 0 bridgehead atoms. The highest BCUT2D eigenvalue weighted by molar-refractivity contribution is 7.98. The van der Waals surface area contributed by atoms with Crippen LogP contribution in [-0.2, 0) is 5.75 Å². The molecule has 0 unspecified atom stereocenters. The largest absolute Gasteiger partial charge is 0.192 e. The van der Waals surface area contributed by atoms with Gasteiger partial charge >= 0.3 is 0 Å². The maximum atomic E-state index is 4.73. The van der Waals surface area contributed by atoms with Crippen molar-refractivity contribution in [3.05, 3.63) is 77.4 Å². The second-order valence-electron chi connectivity index (χ2n) is 6.05. The molecule has 2 aromatic heterocycles. The number of thioether (sulfide) groups is 1. The first-order valence-electron chi connectivity index (χ1n) is 8.17. The van der Waals surface area contributed by atoms with Crippen LogP contribution < -0.4 is 0 Å². The van der Waals surface area contributed by atoms with Gasteiger partial charge in [-0.1, -0.05) is 65.9 Å². The molecule has 0 N–H and O–H groups in total. The Kier molecular flexibility index (Phi) is 4.24. The van der Waals surface area contributed by atoms with Gasteiger partial charge in [-0.05, 0) is 37.1 Å². The molecule has 2 aromatic carbocycles. The van der Waals surface area contributed by atoms with Gasteiger partial charge in [0.05, 0.1) is 0 Å². The third-order valence-electron chi connectivity index (χ3n) is 4.18. The lowest BCUT2D eigenvalue weighted by Crippen LogP contribution is -1.97. The van der Waals surface area contributed by atoms with Gasteiger partial charge in [-0.25, -0.2) is 0 Å². The summed E-state index contributed by atoms with van der Waals surface area (Å²) in [5, 5.41) is 14.2. The van der Waals surface area contributed by atoms with E-state index in [2.05, 4.69) is 72.6 Å². The minimum Gasteiger partial charge on any atom is -0.192 e. The van der Waals surface area contributed by atoms with Crippen molar-refractivity contribution in [2.75, 3.05) is 0 Å². The quantitative estimate of drug-likeness (QED) is 0.502. The highest BCUT2D eigenvalue weighted by atomic mass is 32.2. The summed E-state index contributed by atoms with van der Waals surface area (Å²) in [5.41, 5.74) is 5.64. The van der Waals surface area contributed by atoms with Crippen molar-refractivity contribution >= 4 is 17.4 Å². The number of fused-ring (bicyclic) bond motifs is 1. The van der Waals surface area contributed by atoms with Crippen LogP contribution >= 0.6 is 11.8 Å². The van der Waals surface area contributed by atoms with Gasteiger partial charge in [0.25, 0.3) is 0 Å². The van der Waals surface area contributed by atoms with Crippen LogP contribution in [0.2, 0.25) is 0 Å². The summed E-state index contributed by atoms with van der Waals surface area (Å²) < 4.78 is 1.82. The average molecular weight is 346 g/mol. The maximum absolute atomic E-state index is 4.73. The Labute approximate surface area is 150 Å². The number of hydrogen-bond acceptors (Lipinski definition) is 4. The molecule has 0 amide bonds. The van der Waals surface area contributed by atoms with Gasteiger partial charge < -0.3 is 0 Å². The van der Waals surface area contributed by atoms with Crippen molar-refractivity contribution in [1.29, 1.82) is 0 Å². The molecule has 0 aliphatic rings. The first kappa shape index (κ1) is 15.8. The molecular formula is C20H18N4S. The van der Waals surface area contributed by atoms with Crippen LogP contribution in [-0.4, -0.2) is 19.8 Å². The monoisotopic (exact) mass is 346 g/mol. The fourth-order valence-corrected chi connectivity index (χ4v) is 3.59. The molecule has 0 saturated heterocycles. The number of hydrogen-bond donors (Lipinski definition) is 0. The van der Waals surface area contributed by atoms with E-state index in [9.17, 15) is 0 Å². The molecule has 4 aromatic rings. The van der Waals surface area contributed by atoms with Gasteiger partial charge in [0.15, 0.2) is 11.5 Å². The normalized spacial score (nSPS) is 11.1. The van der Waals surface area contributed by atoms with Crippen LogP contribution in [0.5, 0.6) is 0 Å². The van der Waals surface area contributed by atoms with Crippen molar-refractivity contribution in [2.24, 2.45) is 0 Å². The Morgan fingerprint density at radius 1 is 0.880 bits per heavy atom. The SMILES string of the molecule is Cc1ccc(-c2nnc3ccc(SCc4ccccc4C)nn23)cc1. The zero-order valence-corrected chi connectivity index (χ0v) is 15.0. The molecule has 4 nitrogen and oxygen atoms in total. The Hall–Kier alpha value is -2.66. The van der Waals surface area contributed by atoms with Gasteiger partial charge in [-0.3, -0.25) is 0 Å². The fourth-order valence-electron chi connectivity index (χ4n) is 2.66. The molecule has 0 atom stereocenters. The molecule has 0 radical (unpaired) electrons. The first-order chi connectivity index (χ1) is 12.2. The molecule has 124 valence electrons. The van der Waals surface area contributed by atoms with E-state index in [0.717, 1.165) is 27.8 Å². The molecule has 0 fully saturated rings. The number of rotatable bonds is 4. The van der Waals surface area contributed by atoms with E-state index >= 15 is 0 Å². The number of nitrogens with zero attached hydrogens (tertiary/aromatic N) is 4. The molecular weight excluding hydrogens is 328 g/mol. The van der Waals surface area contributed by atoms with Crippen LogP contribution in [0.15, 0.2) is 65.7 Å². The summed E-state index contributed by atoms with van der Waals surface area (Å²) in [6.45, 7) is 4.21. The van der Waals surface area contributed by atoms with Crippen molar-refractivity contribution in [3.8, 4) is 11.4 Å². The third kappa shape index (κ3) is 3.28. The number of aryl methyl sites for hydroxylation is 2. The lowest BCUT2D eigenvalue weighted by Gasteiger charge is -2.06. The van der Waals surface area contributed by atoms with Gasteiger partial charge in [0.1, 0.15) is 5.03 Å². The average Bonchev–Trinajstić information content (AvgIpc) is 3.05. The second kappa shape index (κ2) is 6.69. The summed E-state index contributed by atoms with van der Waals surface area (Å²) in [4.78, 5) is 0. The molecule has 0 aliphatic heterocycles. The summed E-state index contributed by atoms with van der Waals surface area (Å²) >= 11 is 1.72. The summed E-state index contributed by atoms with van der Waals surface area (Å²) in [5.74, 6) is 1.67. The molecule has 0 spiro atoms.